The molecule has 2 aromatic heterocycles. The molecule has 2 aliphatic heterocycles. The van der Waals surface area contributed by atoms with E-state index in [0.717, 1.165) is 23.7 Å². The Morgan fingerprint density at radius 3 is 2.78 bits per heavy atom. The van der Waals surface area contributed by atoms with Crippen molar-refractivity contribution in [3.8, 4) is 5.82 Å². The van der Waals surface area contributed by atoms with Gasteiger partial charge < -0.3 is 14.8 Å². The number of para-hydroxylation sites is 1. The molecule has 138 valence electrons. The molecule has 0 amide bonds. The highest BCUT2D eigenvalue weighted by molar-refractivity contribution is 6.04. The SMILES string of the molecule is O=C(OC1C[C@H]2COC[C@@H](C1)N2)c1cn(-c2cnccn2)c2ccccc12. The first-order chi connectivity index (χ1) is 13.3. The topological polar surface area (TPSA) is 78.3 Å². The van der Waals surface area contributed by atoms with Crippen LogP contribution < -0.4 is 5.32 Å². The van der Waals surface area contributed by atoms with Gasteiger partial charge in [-0.1, -0.05) is 18.2 Å². The molecule has 0 saturated carbocycles. The molecule has 3 atom stereocenters. The van der Waals surface area contributed by atoms with Crippen LogP contribution in [0.15, 0.2) is 49.1 Å². The molecule has 27 heavy (non-hydrogen) atoms. The zero-order valence-electron chi connectivity index (χ0n) is 14.7. The van der Waals surface area contributed by atoms with Gasteiger partial charge in [-0.05, 0) is 6.07 Å². The number of aromatic nitrogens is 3. The summed E-state index contributed by atoms with van der Waals surface area (Å²) in [5, 5.41) is 4.37. The van der Waals surface area contributed by atoms with E-state index in [-0.39, 0.29) is 24.2 Å². The zero-order chi connectivity index (χ0) is 18.2. The van der Waals surface area contributed by atoms with Gasteiger partial charge in [0.05, 0.1) is 30.5 Å². The molecule has 1 aromatic carbocycles. The monoisotopic (exact) mass is 364 g/mol. The molecule has 0 aliphatic carbocycles. The molecule has 7 nitrogen and oxygen atoms in total. The van der Waals surface area contributed by atoms with Crippen molar-refractivity contribution in [1.82, 2.24) is 19.9 Å². The third-order valence-corrected chi connectivity index (χ3v) is 5.21. The van der Waals surface area contributed by atoms with Gasteiger partial charge in [-0.25, -0.2) is 9.78 Å². The van der Waals surface area contributed by atoms with Crippen LogP contribution in [0.4, 0.5) is 0 Å². The predicted molar refractivity (Wildman–Crippen MR) is 98.8 cm³/mol. The number of carbonyl (C=O) groups is 1. The fraction of sp³-hybridized carbons (Fsp3) is 0.350. The maximum atomic E-state index is 13.0. The van der Waals surface area contributed by atoms with Crippen molar-refractivity contribution in [3.63, 3.8) is 0 Å². The first-order valence-corrected chi connectivity index (χ1v) is 9.19. The van der Waals surface area contributed by atoms with Crippen molar-refractivity contribution in [3.05, 3.63) is 54.6 Å². The Morgan fingerprint density at radius 1 is 1.19 bits per heavy atom. The summed E-state index contributed by atoms with van der Waals surface area (Å²) in [7, 11) is 0. The Kier molecular flexibility index (Phi) is 4.10. The van der Waals surface area contributed by atoms with E-state index >= 15 is 0 Å². The standard InChI is InChI=1S/C20H20N4O3/c25-20(27-15-7-13-11-26-12-14(8-15)23-13)17-10-24(19-9-21-5-6-22-19)18-4-2-1-3-16(17)18/h1-6,9-10,13-15,23H,7-8,11-12H2/t13-,14+,15?. The minimum Gasteiger partial charge on any atom is -0.459 e. The van der Waals surface area contributed by atoms with Crippen LogP contribution >= 0.6 is 0 Å². The average molecular weight is 364 g/mol. The van der Waals surface area contributed by atoms with E-state index in [2.05, 4.69) is 15.3 Å². The lowest BCUT2D eigenvalue weighted by atomic mass is 9.94. The van der Waals surface area contributed by atoms with Crippen molar-refractivity contribution >= 4 is 16.9 Å². The first kappa shape index (κ1) is 16.4. The molecule has 0 radical (unpaired) electrons. The summed E-state index contributed by atoms with van der Waals surface area (Å²) in [5.41, 5.74) is 1.46. The maximum absolute atomic E-state index is 13.0. The van der Waals surface area contributed by atoms with Crippen molar-refractivity contribution in [2.45, 2.75) is 31.0 Å². The van der Waals surface area contributed by atoms with Crippen LogP contribution in [-0.2, 0) is 9.47 Å². The van der Waals surface area contributed by atoms with Gasteiger partial charge in [-0.2, -0.15) is 0 Å². The molecule has 5 rings (SSSR count). The van der Waals surface area contributed by atoms with Crippen LogP contribution in [0.5, 0.6) is 0 Å². The zero-order valence-corrected chi connectivity index (χ0v) is 14.7. The van der Waals surface area contributed by atoms with E-state index < -0.39 is 0 Å². The predicted octanol–water partition coefficient (Wildman–Crippen LogP) is 2.10. The Labute approximate surface area is 156 Å². The van der Waals surface area contributed by atoms with Crippen molar-refractivity contribution < 1.29 is 14.3 Å². The van der Waals surface area contributed by atoms with Crippen LogP contribution in [0.25, 0.3) is 16.7 Å². The summed E-state index contributed by atoms with van der Waals surface area (Å²) in [6, 6.07) is 8.29. The maximum Gasteiger partial charge on any atom is 0.340 e. The molecule has 2 saturated heterocycles. The van der Waals surface area contributed by atoms with E-state index in [9.17, 15) is 4.79 Å². The third-order valence-electron chi connectivity index (χ3n) is 5.21. The minimum absolute atomic E-state index is 0.0868. The van der Waals surface area contributed by atoms with Gasteiger partial charge >= 0.3 is 5.97 Å². The number of fused-ring (bicyclic) bond motifs is 3. The minimum atomic E-state index is -0.292. The highest BCUT2D eigenvalue weighted by atomic mass is 16.5. The fourth-order valence-electron chi connectivity index (χ4n) is 4.04. The lowest BCUT2D eigenvalue weighted by Gasteiger charge is -2.39. The van der Waals surface area contributed by atoms with Crippen LogP contribution in [0.3, 0.4) is 0 Å². The molecule has 4 heterocycles. The quantitative estimate of drug-likeness (QED) is 0.717. The first-order valence-electron chi connectivity index (χ1n) is 9.19. The number of nitrogens with one attached hydrogen (secondary N) is 1. The van der Waals surface area contributed by atoms with E-state index in [1.807, 2.05) is 28.8 Å². The number of esters is 1. The van der Waals surface area contributed by atoms with Crippen molar-refractivity contribution in [2.75, 3.05) is 13.2 Å². The largest absolute Gasteiger partial charge is 0.459 e. The number of benzene rings is 1. The van der Waals surface area contributed by atoms with E-state index in [4.69, 9.17) is 9.47 Å². The lowest BCUT2D eigenvalue weighted by molar-refractivity contribution is -0.0339. The highest BCUT2D eigenvalue weighted by Crippen LogP contribution is 2.27. The lowest BCUT2D eigenvalue weighted by Crippen LogP contribution is -2.56. The fourth-order valence-corrected chi connectivity index (χ4v) is 4.04. The summed E-state index contributed by atoms with van der Waals surface area (Å²) in [6.07, 6.45) is 8.21. The van der Waals surface area contributed by atoms with Crippen LogP contribution in [-0.4, -0.2) is 51.9 Å². The Balaban J connectivity index is 1.45. The van der Waals surface area contributed by atoms with Crippen molar-refractivity contribution in [2.24, 2.45) is 0 Å². The van der Waals surface area contributed by atoms with Gasteiger partial charge in [0.15, 0.2) is 5.82 Å². The summed E-state index contributed by atoms with van der Waals surface area (Å²) < 4.78 is 13.3. The third kappa shape index (κ3) is 3.09. The van der Waals surface area contributed by atoms with E-state index in [0.29, 0.717) is 24.6 Å². The highest BCUT2D eigenvalue weighted by Gasteiger charge is 2.34. The summed E-state index contributed by atoms with van der Waals surface area (Å²) in [6.45, 7) is 1.35. The number of rotatable bonds is 3. The molecular weight excluding hydrogens is 344 g/mol. The number of ether oxygens (including phenoxy) is 2. The van der Waals surface area contributed by atoms with Gasteiger partial charge in [0.1, 0.15) is 6.10 Å². The Bertz CT molecular complexity index is 960. The second-order valence-corrected chi connectivity index (χ2v) is 7.09. The Hall–Kier alpha value is -2.77. The number of piperidine rings is 1. The van der Waals surface area contributed by atoms with Crippen LogP contribution in [0.2, 0.25) is 0 Å². The molecule has 1 N–H and O–H groups in total. The van der Waals surface area contributed by atoms with Crippen molar-refractivity contribution in [1.29, 1.82) is 0 Å². The molecule has 2 fully saturated rings. The number of nitrogens with zero attached hydrogens (tertiary/aromatic N) is 3. The number of hydrogen-bond acceptors (Lipinski definition) is 6. The second-order valence-electron chi connectivity index (χ2n) is 7.09. The van der Waals surface area contributed by atoms with Gasteiger partial charge in [-0.15, -0.1) is 0 Å². The molecule has 7 heteroatoms. The normalized spacial score (nSPS) is 24.7. The second kappa shape index (κ2) is 6.75. The molecule has 2 bridgehead atoms. The molecule has 0 spiro atoms. The van der Waals surface area contributed by atoms with Gasteiger partial charge in [-0.3, -0.25) is 9.55 Å². The molecular formula is C20H20N4O3. The van der Waals surface area contributed by atoms with Gasteiger partial charge in [0.2, 0.25) is 0 Å². The molecule has 3 aromatic rings. The Morgan fingerprint density at radius 2 is 2.00 bits per heavy atom. The summed E-state index contributed by atoms with van der Waals surface area (Å²) in [4.78, 5) is 21.4. The van der Waals surface area contributed by atoms with Gasteiger partial charge in [0.25, 0.3) is 0 Å². The van der Waals surface area contributed by atoms with Crippen LogP contribution in [0, 0.1) is 0 Å². The molecule has 1 unspecified atom stereocenters. The van der Waals surface area contributed by atoms with E-state index in [1.54, 1.807) is 24.8 Å². The summed E-state index contributed by atoms with van der Waals surface area (Å²) in [5.74, 6) is 0.376. The summed E-state index contributed by atoms with van der Waals surface area (Å²) >= 11 is 0. The average Bonchev–Trinajstić information content (AvgIpc) is 3.08. The number of hydrogen-bond donors (Lipinski definition) is 1. The number of carbonyl (C=O) groups excluding carboxylic acids is 1. The molecule has 2 aliphatic rings. The van der Waals surface area contributed by atoms with E-state index in [1.165, 1.54) is 0 Å². The van der Waals surface area contributed by atoms with Gasteiger partial charge in [0, 0.05) is 48.9 Å². The smallest absolute Gasteiger partial charge is 0.340 e. The number of morpholine rings is 1. The van der Waals surface area contributed by atoms with Crippen LogP contribution in [0.1, 0.15) is 23.2 Å².